The minimum absolute atomic E-state index is 0.0500. The van der Waals surface area contributed by atoms with E-state index >= 15 is 0 Å². The number of sulfonamides is 1. The van der Waals surface area contributed by atoms with Gasteiger partial charge in [-0.25, -0.2) is 13.6 Å². The number of benzene rings is 3. The monoisotopic (exact) mass is 357 g/mol. The molecule has 0 heterocycles. The van der Waals surface area contributed by atoms with E-state index in [0.29, 0.717) is 5.69 Å². The topological polar surface area (TPSA) is 136 Å². The number of hydrogen-bond donors (Lipinski definition) is 2. The summed E-state index contributed by atoms with van der Waals surface area (Å²) in [5.41, 5.74) is 0.309. The van der Waals surface area contributed by atoms with Crippen molar-refractivity contribution in [1.82, 2.24) is 0 Å². The molecule has 0 fully saturated rings. The molecule has 0 saturated carbocycles. The fourth-order valence-electron chi connectivity index (χ4n) is 2.28. The lowest BCUT2D eigenvalue weighted by molar-refractivity contribution is 0.598. The van der Waals surface area contributed by atoms with Crippen molar-refractivity contribution in [3.8, 4) is 0 Å². The summed E-state index contributed by atoms with van der Waals surface area (Å²) in [4.78, 5) is 36.4. The van der Waals surface area contributed by atoms with Crippen molar-refractivity contribution in [1.29, 1.82) is 0 Å². The Morgan fingerprint density at radius 1 is 0.800 bits per heavy atom. The molecular formula is C16H11N3O5S. The van der Waals surface area contributed by atoms with Gasteiger partial charge >= 0.3 is 0 Å². The molecule has 0 radical (unpaired) electrons. The van der Waals surface area contributed by atoms with E-state index in [4.69, 9.17) is 5.14 Å². The number of anilines is 1. The van der Waals surface area contributed by atoms with Crippen molar-refractivity contribution in [2.24, 2.45) is 10.2 Å². The normalized spacial score (nSPS) is 12.4. The highest BCUT2D eigenvalue weighted by Gasteiger charge is 2.10. The van der Waals surface area contributed by atoms with Gasteiger partial charge in [-0.1, -0.05) is 24.3 Å². The third-order valence-electron chi connectivity index (χ3n) is 3.53. The van der Waals surface area contributed by atoms with E-state index in [0.717, 1.165) is 0 Å². The van der Waals surface area contributed by atoms with Crippen LogP contribution in [0.5, 0.6) is 0 Å². The average Bonchev–Trinajstić information content (AvgIpc) is 2.59. The summed E-state index contributed by atoms with van der Waals surface area (Å²) in [5, 5.41) is 8.34. The zero-order valence-corrected chi connectivity index (χ0v) is 13.4. The summed E-state index contributed by atoms with van der Waals surface area (Å²) in [6, 6.07) is 11.2. The van der Waals surface area contributed by atoms with Crippen LogP contribution >= 0.6 is 0 Å². The first-order chi connectivity index (χ1) is 11.8. The number of nitrogens with one attached hydrogen (secondary N) is 1. The number of nitrogens with zero attached hydrogens (tertiary/aromatic N) is 1. The molecule has 0 aliphatic carbocycles. The Balaban J connectivity index is 2.10. The van der Waals surface area contributed by atoms with Crippen LogP contribution in [0.1, 0.15) is 0 Å². The zero-order valence-electron chi connectivity index (χ0n) is 12.6. The van der Waals surface area contributed by atoms with Gasteiger partial charge in [0, 0.05) is 10.8 Å². The smallest absolute Gasteiger partial charge is 0.257 e. The van der Waals surface area contributed by atoms with Crippen LogP contribution in [-0.2, 0) is 10.0 Å². The lowest BCUT2D eigenvalue weighted by Gasteiger charge is -2.01. The second-order valence-corrected chi connectivity index (χ2v) is 6.74. The first-order valence-corrected chi connectivity index (χ1v) is 8.53. The van der Waals surface area contributed by atoms with Gasteiger partial charge in [0.25, 0.3) is 5.43 Å². The van der Waals surface area contributed by atoms with Crippen molar-refractivity contribution < 1.29 is 8.42 Å². The Hall–Kier alpha value is -3.17. The van der Waals surface area contributed by atoms with Crippen molar-refractivity contribution in [2.45, 2.75) is 4.90 Å². The molecule has 0 spiro atoms. The van der Waals surface area contributed by atoms with Gasteiger partial charge in [0.1, 0.15) is 0 Å². The van der Waals surface area contributed by atoms with E-state index in [1.165, 1.54) is 36.4 Å². The van der Waals surface area contributed by atoms with Crippen LogP contribution in [0.15, 0.2) is 72.9 Å². The van der Waals surface area contributed by atoms with Gasteiger partial charge in [-0.2, -0.15) is 5.10 Å². The number of fused-ring (bicyclic) bond motifs is 1. The van der Waals surface area contributed by atoms with Gasteiger partial charge in [0.2, 0.25) is 20.9 Å². The van der Waals surface area contributed by atoms with Crippen LogP contribution in [0.25, 0.3) is 10.8 Å². The predicted octanol–water partition coefficient (Wildman–Crippen LogP) is -0.629. The van der Waals surface area contributed by atoms with Gasteiger partial charge in [-0.15, -0.1) is 0 Å². The largest absolute Gasteiger partial charge is 0.287 e. The van der Waals surface area contributed by atoms with Crippen LogP contribution in [-0.4, -0.2) is 8.42 Å². The van der Waals surface area contributed by atoms with Crippen molar-refractivity contribution in [3.05, 3.63) is 84.6 Å². The third-order valence-corrected chi connectivity index (χ3v) is 4.46. The Bertz CT molecular complexity index is 1290. The lowest BCUT2D eigenvalue weighted by atomic mass is 10.1. The molecular weight excluding hydrogens is 346 g/mol. The van der Waals surface area contributed by atoms with Crippen LogP contribution in [0, 0.1) is 0 Å². The number of rotatable bonds is 3. The first kappa shape index (κ1) is 16.7. The second-order valence-electron chi connectivity index (χ2n) is 5.17. The van der Waals surface area contributed by atoms with E-state index in [9.17, 15) is 22.8 Å². The molecule has 3 rings (SSSR count). The number of hydrogen-bond acceptors (Lipinski definition) is 7. The molecule has 0 saturated heterocycles. The molecule has 0 amide bonds. The molecule has 0 aromatic heterocycles. The molecule has 126 valence electrons. The summed E-state index contributed by atoms with van der Waals surface area (Å²) in [6.07, 6.45) is 0. The fraction of sp³-hybridized carbons (Fsp3) is 0. The van der Waals surface area contributed by atoms with Crippen LogP contribution in [0.3, 0.4) is 0 Å². The molecule has 25 heavy (non-hydrogen) atoms. The van der Waals surface area contributed by atoms with E-state index < -0.39 is 31.7 Å². The summed E-state index contributed by atoms with van der Waals surface area (Å²) >= 11 is 0. The third kappa shape index (κ3) is 3.10. The summed E-state index contributed by atoms with van der Waals surface area (Å²) in [6.45, 7) is 0. The van der Waals surface area contributed by atoms with Crippen LogP contribution in [0.2, 0.25) is 0 Å². The summed E-state index contributed by atoms with van der Waals surface area (Å²) in [7, 11) is -3.83. The maximum Gasteiger partial charge on any atom is 0.257 e. The first-order valence-electron chi connectivity index (χ1n) is 6.98. The van der Waals surface area contributed by atoms with Crippen molar-refractivity contribution in [2.75, 3.05) is 5.43 Å². The highest BCUT2D eigenvalue weighted by molar-refractivity contribution is 7.89. The summed E-state index contributed by atoms with van der Waals surface area (Å²) in [5.74, 6) is 0. The van der Waals surface area contributed by atoms with E-state index in [1.54, 1.807) is 12.1 Å². The molecule has 3 aromatic rings. The predicted molar refractivity (Wildman–Crippen MR) is 92.1 cm³/mol. The molecule has 3 aromatic carbocycles. The maximum atomic E-state index is 12.3. The molecule has 8 nitrogen and oxygen atoms in total. The Morgan fingerprint density at radius 2 is 1.36 bits per heavy atom. The molecule has 0 unspecified atom stereocenters. The van der Waals surface area contributed by atoms with Gasteiger partial charge < -0.3 is 0 Å². The molecule has 0 atom stereocenters. The minimum atomic E-state index is -3.83. The van der Waals surface area contributed by atoms with E-state index in [1.807, 2.05) is 0 Å². The minimum Gasteiger partial charge on any atom is -0.287 e. The van der Waals surface area contributed by atoms with Crippen molar-refractivity contribution >= 4 is 26.5 Å². The lowest BCUT2D eigenvalue weighted by Crippen LogP contribution is -2.48. The van der Waals surface area contributed by atoms with Crippen LogP contribution < -0.4 is 32.2 Å². The highest BCUT2D eigenvalue weighted by atomic mass is 32.2. The van der Waals surface area contributed by atoms with Gasteiger partial charge in [0.05, 0.1) is 10.6 Å². The number of primary sulfonamides is 1. The molecule has 0 bridgehead atoms. The quantitative estimate of drug-likeness (QED) is 0.473. The Labute approximate surface area is 140 Å². The standard InChI is InChI=1S/C16H11N3O5S/c17-25(23,24)10-7-5-9(6-8-10)18-19-13-14(20)11-3-1-2-4-12(11)15(21)16(13)22/h1-8,18H,(H2,17,23,24)/b19-13+. The fourth-order valence-corrected chi connectivity index (χ4v) is 2.80. The molecule has 0 aliphatic rings. The van der Waals surface area contributed by atoms with E-state index in [-0.39, 0.29) is 15.7 Å². The van der Waals surface area contributed by atoms with E-state index in [2.05, 4.69) is 10.5 Å². The van der Waals surface area contributed by atoms with Gasteiger partial charge in [-0.3, -0.25) is 19.8 Å². The van der Waals surface area contributed by atoms with Crippen LogP contribution in [0.4, 0.5) is 5.69 Å². The molecule has 0 aliphatic heterocycles. The Kier molecular flexibility index (Phi) is 4.03. The molecule has 9 heteroatoms. The van der Waals surface area contributed by atoms with Gasteiger partial charge in [0.15, 0.2) is 5.36 Å². The summed E-state index contributed by atoms with van der Waals surface area (Å²) < 4.78 is 22.4. The van der Waals surface area contributed by atoms with Gasteiger partial charge in [-0.05, 0) is 24.3 Å². The Morgan fingerprint density at radius 3 is 1.92 bits per heavy atom. The SMILES string of the molecule is NS(=O)(=O)c1ccc(N/N=c2/c(=O)c(=O)c3ccccc3c2=O)cc1. The average molecular weight is 357 g/mol. The zero-order chi connectivity index (χ0) is 18.2. The second kappa shape index (κ2) is 6.04. The highest BCUT2D eigenvalue weighted by Crippen LogP contribution is 2.12. The maximum absolute atomic E-state index is 12.3. The van der Waals surface area contributed by atoms with Crippen molar-refractivity contribution in [3.63, 3.8) is 0 Å². The number of nitrogens with two attached hydrogens (primary N) is 1. The molecule has 3 N–H and O–H groups in total.